The minimum Gasteiger partial charge on any atom is -0.491 e. The Labute approximate surface area is 101 Å². The van der Waals surface area contributed by atoms with Crippen LogP contribution in [-0.4, -0.2) is 25.6 Å². The summed E-state index contributed by atoms with van der Waals surface area (Å²) in [5.41, 5.74) is 0.0851. The van der Waals surface area contributed by atoms with E-state index >= 15 is 0 Å². The number of benzene rings is 1. The highest BCUT2D eigenvalue weighted by atomic mass is 19.1. The highest BCUT2D eigenvalue weighted by Gasteiger charge is 2.10. The number of carbonyl (C=O) groups is 1. The maximum Gasteiger partial charge on any atom is 0.162 e. The zero-order chi connectivity index (χ0) is 12.8. The second kappa shape index (κ2) is 6.35. The first-order chi connectivity index (χ1) is 8.04. The molecule has 0 aromatic heterocycles. The van der Waals surface area contributed by atoms with Crippen LogP contribution < -0.4 is 4.74 Å². The van der Waals surface area contributed by atoms with Gasteiger partial charge in [-0.25, -0.2) is 4.39 Å². The van der Waals surface area contributed by atoms with Gasteiger partial charge in [-0.1, -0.05) is 0 Å². The van der Waals surface area contributed by atoms with Crippen molar-refractivity contribution < 1.29 is 18.7 Å². The third-order valence-corrected chi connectivity index (χ3v) is 2.39. The van der Waals surface area contributed by atoms with Crippen molar-refractivity contribution in [3.05, 3.63) is 29.6 Å². The van der Waals surface area contributed by atoms with Crippen molar-refractivity contribution in [1.82, 2.24) is 0 Å². The van der Waals surface area contributed by atoms with Crippen LogP contribution in [0, 0.1) is 5.82 Å². The van der Waals surface area contributed by atoms with Crippen molar-refractivity contribution >= 4 is 5.78 Å². The van der Waals surface area contributed by atoms with Gasteiger partial charge in [0.25, 0.3) is 0 Å². The summed E-state index contributed by atoms with van der Waals surface area (Å²) < 4.78 is 23.9. The average molecular weight is 240 g/mol. The molecule has 0 aliphatic rings. The molecule has 94 valence electrons. The molecule has 0 spiro atoms. The number of methoxy groups -OCH3 is 1. The molecule has 0 bridgehead atoms. The molecule has 1 aromatic rings. The molecule has 3 nitrogen and oxygen atoms in total. The summed E-state index contributed by atoms with van der Waals surface area (Å²) in [6.07, 6.45) is 0.671. The van der Waals surface area contributed by atoms with E-state index in [0.29, 0.717) is 12.4 Å². The monoisotopic (exact) mass is 240 g/mol. The maximum absolute atomic E-state index is 13.5. The molecule has 17 heavy (non-hydrogen) atoms. The van der Waals surface area contributed by atoms with E-state index in [4.69, 9.17) is 9.47 Å². The number of rotatable bonds is 6. The van der Waals surface area contributed by atoms with Gasteiger partial charge in [-0.3, -0.25) is 4.79 Å². The highest BCUT2D eigenvalue weighted by molar-refractivity contribution is 5.94. The lowest BCUT2D eigenvalue weighted by atomic mass is 10.1. The van der Waals surface area contributed by atoms with Crippen LogP contribution in [0.5, 0.6) is 5.75 Å². The molecule has 0 amide bonds. The molecule has 0 aliphatic carbocycles. The van der Waals surface area contributed by atoms with Gasteiger partial charge in [0.15, 0.2) is 5.78 Å². The van der Waals surface area contributed by atoms with Gasteiger partial charge in [-0.15, -0.1) is 0 Å². The minimum atomic E-state index is -0.547. The first-order valence-corrected chi connectivity index (χ1v) is 5.50. The fraction of sp³-hybridized carbons (Fsp3) is 0.462. The Balaban J connectivity index is 2.67. The Hall–Kier alpha value is -1.42. The van der Waals surface area contributed by atoms with Crippen LogP contribution in [0.25, 0.3) is 0 Å². The third kappa shape index (κ3) is 4.15. The van der Waals surface area contributed by atoms with E-state index in [1.807, 2.05) is 6.92 Å². The second-order valence-corrected chi connectivity index (χ2v) is 3.91. The molecule has 0 aliphatic heterocycles. The molecule has 0 N–H and O–H groups in total. The molecule has 4 heteroatoms. The van der Waals surface area contributed by atoms with Crippen LogP contribution >= 0.6 is 0 Å². The number of ketones is 1. The van der Waals surface area contributed by atoms with Crippen LogP contribution in [0.1, 0.15) is 30.6 Å². The molecule has 0 saturated carbocycles. The minimum absolute atomic E-state index is 0.0578. The third-order valence-electron chi connectivity index (χ3n) is 2.39. The molecular formula is C13H17FO3. The number of hydrogen-bond donors (Lipinski definition) is 0. The predicted molar refractivity (Wildman–Crippen MR) is 63.0 cm³/mol. The zero-order valence-corrected chi connectivity index (χ0v) is 10.3. The molecule has 1 atom stereocenters. The second-order valence-electron chi connectivity index (χ2n) is 3.91. The van der Waals surface area contributed by atoms with Crippen LogP contribution in [0.4, 0.5) is 4.39 Å². The summed E-state index contributed by atoms with van der Waals surface area (Å²) in [4.78, 5) is 11.0. The van der Waals surface area contributed by atoms with Crippen molar-refractivity contribution in [3.8, 4) is 5.75 Å². The van der Waals surface area contributed by atoms with Crippen molar-refractivity contribution in [2.24, 2.45) is 0 Å². The Morgan fingerprint density at radius 1 is 1.47 bits per heavy atom. The van der Waals surface area contributed by atoms with Crippen LogP contribution in [0.2, 0.25) is 0 Å². The Morgan fingerprint density at radius 2 is 2.18 bits per heavy atom. The Kier molecular flexibility index (Phi) is 5.10. The molecule has 1 aromatic carbocycles. The van der Waals surface area contributed by atoms with E-state index in [0.717, 1.165) is 6.42 Å². The van der Waals surface area contributed by atoms with Crippen molar-refractivity contribution in [1.29, 1.82) is 0 Å². The average Bonchev–Trinajstić information content (AvgIpc) is 2.26. The van der Waals surface area contributed by atoms with Crippen LogP contribution in [-0.2, 0) is 4.74 Å². The summed E-state index contributed by atoms with van der Waals surface area (Å²) in [5.74, 6) is -0.411. The van der Waals surface area contributed by atoms with Crippen LogP contribution in [0.15, 0.2) is 18.2 Å². The maximum atomic E-state index is 13.5. The molecule has 1 rings (SSSR count). The lowest BCUT2D eigenvalue weighted by molar-refractivity contribution is 0.101. The Morgan fingerprint density at radius 3 is 2.71 bits per heavy atom. The number of hydrogen-bond acceptors (Lipinski definition) is 3. The summed E-state index contributed by atoms with van der Waals surface area (Å²) >= 11 is 0. The van der Waals surface area contributed by atoms with E-state index in [1.165, 1.54) is 19.1 Å². The first kappa shape index (κ1) is 13.6. The topological polar surface area (TPSA) is 35.5 Å². The van der Waals surface area contributed by atoms with E-state index in [1.54, 1.807) is 13.2 Å². The number of carbonyl (C=O) groups excluding carboxylic acids is 1. The first-order valence-electron chi connectivity index (χ1n) is 5.50. The summed E-state index contributed by atoms with van der Waals surface area (Å²) in [6.45, 7) is 3.81. The predicted octanol–water partition coefficient (Wildman–Crippen LogP) is 2.83. The van der Waals surface area contributed by atoms with E-state index < -0.39 is 5.82 Å². The van der Waals surface area contributed by atoms with Gasteiger partial charge in [0.05, 0.1) is 11.7 Å². The van der Waals surface area contributed by atoms with Gasteiger partial charge in [0.1, 0.15) is 11.6 Å². The van der Waals surface area contributed by atoms with Gasteiger partial charge in [0.2, 0.25) is 0 Å². The summed E-state index contributed by atoms with van der Waals surface area (Å²) in [6, 6.07) is 4.28. The Bertz CT molecular complexity index is 390. The zero-order valence-electron chi connectivity index (χ0n) is 10.3. The van der Waals surface area contributed by atoms with E-state index in [-0.39, 0.29) is 17.5 Å². The molecule has 0 radical (unpaired) electrons. The standard InChI is InChI=1S/C13H17FO3/c1-9(6-7-16-3)17-11-4-5-12(10(2)15)13(14)8-11/h4-5,8-9H,6-7H2,1-3H3. The van der Waals surface area contributed by atoms with Gasteiger partial charge in [-0.05, 0) is 26.0 Å². The fourth-order valence-corrected chi connectivity index (χ4v) is 1.43. The van der Waals surface area contributed by atoms with Crippen molar-refractivity contribution in [2.75, 3.05) is 13.7 Å². The molecular weight excluding hydrogens is 223 g/mol. The van der Waals surface area contributed by atoms with Gasteiger partial charge in [0, 0.05) is 26.2 Å². The van der Waals surface area contributed by atoms with Crippen LogP contribution in [0.3, 0.4) is 0 Å². The number of ether oxygens (including phenoxy) is 2. The lowest BCUT2D eigenvalue weighted by Crippen LogP contribution is -2.14. The van der Waals surface area contributed by atoms with Gasteiger partial charge < -0.3 is 9.47 Å². The van der Waals surface area contributed by atoms with E-state index in [2.05, 4.69) is 0 Å². The van der Waals surface area contributed by atoms with Gasteiger partial charge in [-0.2, -0.15) is 0 Å². The van der Waals surface area contributed by atoms with Crippen molar-refractivity contribution in [3.63, 3.8) is 0 Å². The van der Waals surface area contributed by atoms with E-state index in [9.17, 15) is 9.18 Å². The summed E-state index contributed by atoms with van der Waals surface area (Å²) in [5, 5.41) is 0. The summed E-state index contributed by atoms with van der Waals surface area (Å²) in [7, 11) is 1.62. The number of halogens is 1. The molecule has 0 heterocycles. The molecule has 0 saturated heterocycles. The normalized spacial score (nSPS) is 12.2. The lowest BCUT2D eigenvalue weighted by Gasteiger charge is -2.14. The van der Waals surface area contributed by atoms with Crippen molar-refractivity contribution in [2.45, 2.75) is 26.4 Å². The number of Topliss-reactive ketones (excluding diaryl/α,β-unsaturated/α-hetero) is 1. The SMILES string of the molecule is COCCC(C)Oc1ccc(C(C)=O)c(F)c1. The smallest absolute Gasteiger partial charge is 0.162 e. The quantitative estimate of drug-likeness (QED) is 0.717. The largest absolute Gasteiger partial charge is 0.491 e. The highest BCUT2D eigenvalue weighted by Crippen LogP contribution is 2.18. The fourth-order valence-electron chi connectivity index (χ4n) is 1.43. The molecule has 0 fully saturated rings. The molecule has 1 unspecified atom stereocenters. The van der Waals surface area contributed by atoms with Gasteiger partial charge >= 0.3 is 0 Å².